The highest BCUT2D eigenvalue weighted by Gasteiger charge is 2.04. The smallest absolute Gasteiger partial charge is 0.132 e. The summed E-state index contributed by atoms with van der Waals surface area (Å²) in [5.41, 5.74) is 3.52. The van der Waals surface area contributed by atoms with Gasteiger partial charge in [-0.05, 0) is 49.6 Å². The number of ether oxygens (including phenoxy) is 1. The minimum atomic E-state index is 0.531. The molecule has 3 heteroatoms. The van der Waals surface area contributed by atoms with Gasteiger partial charge in [0, 0.05) is 18.3 Å². The van der Waals surface area contributed by atoms with Crippen molar-refractivity contribution in [1.29, 1.82) is 0 Å². The van der Waals surface area contributed by atoms with Crippen LogP contribution in [0.2, 0.25) is 0 Å². The molecule has 3 nitrogen and oxygen atoms in total. The second-order valence-corrected chi connectivity index (χ2v) is 5.05. The molecule has 0 aliphatic heterocycles. The zero-order chi connectivity index (χ0) is 14.4. The SMILES string of the molecule is CCCNc1ncccc1COc1cc(C)cc(C)c1. The van der Waals surface area contributed by atoms with Crippen molar-refractivity contribution in [3.8, 4) is 5.75 Å². The molecule has 0 saturated carbocycles. The Morgan fingerprint density at radius 1 is 1.15 bits per heavy atom. The van der Waals surface area contributed by atoms with Crippen molar-refractivity contribution in [2.45, 2.75) is 33.8 Å². The van der Waals surface area contributed by atoms with E-state index in [1.165, 1.54) is 11.1 Å². The maximum atomic E-state index is 5.89. The molecule has 2 rings (SSSR count). The maximum absolute atomic E-state index is 5.89. The van der Waals surface area contributed by atoms with E-state index in [0.29, 0.717) is 6.61 Å². The lowest BCUT2D eigenvalue weighted by Crippen LogP contribution is -2.07. The summed E-state index contributed by atoms with van der Waals surface area (Å²) in [6.45, 7) is 7.76. The van der Waals surface area contributed by atoms with Crippen molar-refractivity contribution in [3.05, 3.63) is 53.2 Å². The third-order valence-electron chi connectivity index (χ3n) is 3.02. The molecule has 0 amide bonds. The van der Waals surface area contributed by atoms with Gasteiger partial charge in [0.2, 0.25) is 0 Å². The van der Waals surface area contributed by atoms with Crippen LogP contribution in [0.15, 0.2) is 36.5 Å². The highest BCUT2D eigenvalue weighted by atomic mass is 16.5. The van der Waals surface area contributed by atoms with Gasteiger partial charge >= 0.3 is 0 Å². The average Bonchev–Trinajstić information content (AvgIpc) is 2.43. The van der Waals surface area contributed by atoms with Crippen LogP contribution in [0.4, 0.5) is 5.82 Å². The molecule has 0 saturated heterocycles. The molecule has 0 aliphatic rings. The zero-order valence-electron chi connectivity index (χ0n) is 12.4. The maximum Gasteiger partial charge on any atom is 0.132 e. The molecule has 1 N–H and O–H groups in total. The lowest BCUT2D eigenvalue weighted by Gasteiger charge is -2.12. The first kappa shape index (κ1) is 14.4. The summed E-state index contributed by atoms with van der Waals surface area (Å²) in [6, 6.07) is 10.3. The average molecular weight is 270 g/mol. The molecule has 0 bridgehead atoms. The van der Waals surface area contributed by atoms with E-state index in [1.807, 2.05) is 12.1 Å². The van der Waals surface area contributed by atoms with Gasteiger partial charge in [0.15, 0.2) is 0 Å². The van der Waals surface area contributed by atoms with E-state index >= 15 is 0 Å². The number of rotatable bonds is 6. The van der Waals surface area contributed by atoms with Crippen molar-refractivity contribution in [2.24, 2.45) is 0 Å². The first-order valence-corrected chi connectivity index (χ1v) is 7.08. The molecule has 0 spiro atoms. The van der Waals surface area contributed by atoms with Gasteiger partial charge in [0.05, 0.1) is 0 Å². The lowest BCUT2D eigenvalue weighted by molar-refractivity contribution is 0.306. The standard InChI is InChI=1S/C17H22N2O/c1-4-7-18-17-15(6-5-8-19-17)12-20-16-10-13(2)9-14(3)11-16/h5-6,8-11H,4,7,12H2,1-3H3,(H,18,19). The van der Waals surface area contributed by atoms with Crippen LogP contribution in [0.1, 0.15) is 30.0 Å². The van der Waals surface area contributed by atoms with Gasteiger partial charge in [0.1, 0.15) is 18.2 Å². The molecule has 0 unspecified atom stereocenters. The van der Waals surface area contributed by atoms with E-state index < -0.39 is 0 Å². The third-order valence-corrected chi connectivity index (χ3v) is 3.02. The lowest BCUT2D eigenvalue weighted by atomic mass is 10.1. The Morgan fingerprint density at radius 3 is 2.60 bits per heavy atom. The fourth-order valence-corrected chi connectivity index (χ4v) is 2.13. The van der Waals surface area contributed by atoms with E-state index in [1.54, 1.807) is 6.20 Å². The molecule has 2 aromatic rings. The molecular weight excluding hydrogens is 248 g/mol. The largest absolute Gasteiger partial charge is 0.489 e. The van der Waals surface area contributed by atoms with Gasteiger partial charge in [-0.15, -0.1) is 0 Å². The molecule has 106 valence electrons. The minimum absolute atomic E-state index is 0.531. The van der Waals surface area contributed by atoms with Crippen LogP contribution in [0.5, 0.6) is 5.75 Å². The summed E-state index contributed by atoms with van der Waals surface area (Å²) in [6.07, 6.45) is 2.88. The zero-order valence-corrected chi connectivity index (χ0v) is 12.4. The van der Waals surface area contributed by atoms with E-state index in [4.69, 9.17) is 4.74 Å². The number of hydrogen-bond donors (Lipinski definition) is 1. The molecule has 20 heavy (non-hydrogen) atoms. The Morgan fingerprint density at radius 2 is 1.90 bits per heavy atom. The predicted octanol–water partition coefficient (Wildman–Crippen LogP) is 4.10. The van der Waals surface area contributed by atoms with Crippen LogP contribution in [-0.4, -0.2) is 11.5 Å². The Kier molecular flexibility index (Phi) is 4.99. The number of nitrogens with zero attached hydrogens (tertiary/aromatic N) is 1. The predicted molar refractivity (Wildman–Crippen MR) is 83.3 cm³/mol. The van der Waals surface area contributed by atoms with Crippen molar-refractivity contribution >= 4 is 5.82 Å². The Hall–Kier alpha value is -2.03. The van der Waals surface area contributed by atoms with Gasteiger partial charge in [0.25, 0.3) is 0 Å². The molecule has 0 radical (unpaired) electrons. The highest BCUT2D eigenvalue weighted by molar-refractivity contribution is 5.43. The van der Waals surface area contributed by atoms with Crippen molar-refractivity contribution in [3.63, 3.8) is 0 Å². The van der Waals surface area contributed by atoms with Gasteiger partial charge < -0.3 is 10.1 Å². The molecule has 0 fully saturated rings. The van der Waals surface area contributed by atoms with E-state index in [-0.39, 0.29) is 0 Å². The molecule has 1 heterocycles. The van der Waals surface area contributed by atoms with Gasteiger partial charge in [-0.3, -0.25) is 0 Å². The monoisotopic (exact) mass is 270 g/mol. The second kappa shape index (κ2) is 6.94. The van der Waals surface area contributed by atoms with Crippen LogP contribution in [0, 0.1) is 13.8 Å². The first-order valence-electron chi connectivity index (χ1n) is 7.08. The topological polar surface area (TPSA) is 34.2 Å². The number of anilines is 1. The summed E-state index contributed by atoms with van der Waals surface area (Å²) in [4.78, 5) is 4.37. The van der Waals surface area contributed by atoms with Crippen LogP contribution in [-0.2, 0) is 6.61 Å². The van der Waals surface area contributed by atoms with Crippen LogP contribution < -0.4 is 10.1 Å². The third kappa shape index (κ3) is 3.98. The number of aromatic nitrogens is 1. The van der Waals surface area contributed by atoms with Crippen LogP contribution in [0.25, 0.3) is 0 Å². The molecular formula is C17H22N2O. The summed E-state index contributed by atoms with van der Waals surface area (Å²) >= 11 is 0. The second-order valence-electron chi connectivity index (χ2n) is 5.05. The van der Waals surface area contributed by atoms with E-state index in [0.717, 1.165) is 30.1 Å². The van der Waals surface area contributed by atoms with Gasteiger partial charge in [-0.25, -0.2) is 4.98 Å². The van der Waals surface area contributed by atoms with E-state index in [9.17, 15) is 0 Å². The number of aryl methyl sites for hydroxylation is 2. The summed E-state index contributed by atoms with van der Waals surface area (Å²) in [5, 5.41) is 3.33. The quantitative estimate of drug-likeness (QED) is 0.858. The normalized spacial score (nSPS) is 10.3. The summed E-state index contributed by atoms with van der Waals surface area (Å²) in [5.74, 6) is 1.83. The van der Waals surface area contributed by atoms with Crippen molar-refractivity contribution in [2.75, 3.05) is 11.9 Å². The molecule has 0 aliphatic carbocycles. The molecule has 1 aromatic carbocycles. The fraction of sp³-hybridized carbons (Fsp3) is 0.353. The van der Waals surface area contributed by atoms with Gasteiger partial charge in [-0.1, -0.05) is 19.1 Å². The first-order chi connectivity index (χ1) is 9.69. The molecule has 0 atom stereocenters. The minimum Gasteiger partial charge on any atom is -0.489 e. The van der Waals surface area contributed by atoms with Gasteiger partial charge in [-0.2, -0.15) is 0 Å². The number of hydrogen-bond acceptors (Lipinski definition) is 3. The molecule has 1 aromatic heterocycles. The van der Waals surface area contributed by atoms with E-state index in [2.05, 4.69) is 49.3 Å². The summed E-state index contributed by atoms with van der Waals surface area (Å²) < 4.78 is 5.89. The van der Waals surface area contributed by atoms with Crippen LogP contribution >= 0.6 is 0 Å². The van der Waals surface area contributed by atoms with Crippen molar-refractivity contribution < 1.29 is 4.74 Å². The number of nitrogens with one attached hydrogen (secondary N) is 1. The van der Waals surface area contributed by atoms with Crippen molar-refractivity contribution in [1.82, 2.24) is 4.98 Å². The Balaban J connectivity index is 2.06. The summed E-state index contributed by atoms with van der Waals surface area (Å²) in [7, 11) is 0. The Bertz CT molecular complexity index is 546. The van der Waals surface area contributed by atoms with Crippen LogP contribution in [0.3, 0.4) is 0 Å². The Labute approximate surface area is 121 Å². The number of pyridine rings is 1. The fourth-order valence-electron chi connectivity index (χ4n) is 2.13. The number of benzene rings is 1. The highest BCUT2D eigenvalue weighted by Crippen LogP contribution is 2.19.